The van der Waals surface area contributed by atoms with Crippen LogP contribution in [0.25, 0.3) is 0 Å². The van der Waals surface area contributed by atoms with Crippen LogP contribution >= 0.6 is 11.3 Å². The van der Waals surface area contributed by atoms with Gasteiger partial charge in [-0.05, 0) is 60.8 Å². The number of ether oxygens (including phenoxy) is 1. The number of carbonyl (C=O) groups is 2. The second kappa shape index (κ2) is 7.20. The average Bonchev–Trinajstić information content (AvgIpc) is 3.23. The van der Waals surface area contributed by atoms with E-state index in [4.69, 9.17) is 4.74 Å². The summed E-state index contributed by atoms with van der Waals surface area (Å²) in [6, 6.07) is 6.01. The van der Waals surface area contributed by atoms with Gasteiger partial charge < -0.3 is 14.7 Å². The number of carbonyl (C=O) groups excluding carboxylic acids is 1. The lowest BCUT2D eigenvalue weighted by atomic mass is 9.73. The lowest BCUT2D eigenvalue weighted by Crippen LogP contribution is -2.44. The topological polar surface area (TPSA) is 79.7 Å². The van der Waals surface area contributed by atoms with Crippen LogP contribution in [0.5, 0.6) is 5.75 Å². The number of hydrogen-bond acceptors (Lipinski definition) is 5. The molecule has 0 unspecified atom stereocenters. The molecule has 1 fully saturated rings. The van der Waals surface area contributed by atoms with Crippen molar-refractivity contribution in [3.63, 3.8) is 0 Å². The lowest BCUT2D eigenvalue weighted by molar-refractivity contribution is -0.137. The van der Waals surface area contributed by atoms with E-state index < -0.39 is 5.97 Å². The van der Waals surface area contributed by atoms with Crippen LogP contribution in [0.1, 0.15) is 58.1 Å². The van der Waals surface area contributed by atoms with Crippen molar-refractivity contribution in [2.45, 2.75) is 43.9 Å². The van der Waals surface area contributed by atoms with Gasteiger partial charge in [-0.3, -0.25) is 9.59 Å². The minimum atomic E-state index is -0.767. The summed E-state index contributed by atoms with van der Waals surface area (Å²) in [6.07, 6.45) is 2.65. The highest BCUT2D eigenvalue weighted by atomic mass is 32.1. The van der Waals surface area contributed by atoms with Gasteiger partial charge in [0.1, 0.15) is 10.6 Å². The molecule has 2 aromatic rings. The summed E-state index contributed by atoms with van der Waals surface area (Å²) in [5, 5.41) is 9.35. The smallest absolute Gasteiger partial charge is 0.303 e. The monoisotopic (exact) mass is 400 g/mol. The van der Waals surface area contributed by atoms with Gasteiger partial charge in [-0.2, -0.15) is 0 Å². The van der Waals surface area contributed by atoms with Crippen molar-refractivity contribution in [3.8, 4) is 5.75 Å². The standard InChI is InChI=1S/C21H24N2O4S/c1-13-19(28-12-22-13)20(26)23-7-5-21(6-8-23)11-14(9-18(24)25)16-4-3-15(27-2)10-17(16)21/h3-4,10,12,14H,5-9,11H2,1-2H3,(H,24,25)/t14-/m0/s1. The molecule has 148 valence electrons. The Bertz CT molecular complexity index is 915. The third-order valence-electron chi connectivity index (χ3n) is 6.28. The van der Waals surface area contributed by atoms with Gasteiger partial charge in [0.05, 0.1) is 24.7 Å². The van der Waals surface area contributed by atoms with Crippen LogP contribution in [-0.4, -0.2) is 47.1 Å². The second-order valence-corrected chi connectivity index (χ2v) is 8.65. The van der Waals surface area contributed by atoms with E-state index in [-0.39, 0.29) is 23.7 Å². The van der Waals surface area contributed by atoms with Gasteiger partial charge in [0, 0.05) is 13.1 Å². The molecule has 0 bridgehead atoms. The van der Waals surface area contributed by atoms with Gasteiger partial charge in [0.2, 0.25) is 0 Å². The van der Waals surface area contributed by atoms with Crippen LogP contribution in [0.15, 0.2) is 23.7 Å². The fourth-order valence-corrected chi connectivity index (χ4v) is 5.59. The molecule has 1 aliphatic heterocycles. The highest BCUT2D eigenvalue weighted by Gasteiger charge is 2.46. The van der Waals surface area contributed by atoms with Crippen LogP contribution in [0.2, 0.25) is 0 Å². The number of hydrogen-bond donors (Lipinski definition) is 1. The van der Waals surface area contributed by atoms with Crippen molar-refractivity contribution in [3.05, 3.63) is 45.4 Å². The number of carboxylic acid groups (broad SMARTS) is 1. The van der Waals surface area contributed by atoms with Gasteiger partial charge in [0.15, 0.2) is 0 Å². The number of likely N-dealkylation sites (tertiary alicyclic amines) is 1. The molecular weight excluding hydrogens is 376 g/mol. The first-order valence-corrected chi connectivity index (χ1v) is 10.4. The summed E-state index contributed by atoms with van der Waals surface area (Å²) in [6.45, 7) is 3.21. The maximum absolute atomic E-state index is 12.8. The highest BCUT2D eigenvalue weighted by Crippen LogP contribution is 2.53. The van der Waals surface area contributed by atoms with Crippen molar-refractivity contribution in [2.24, 2.45) is 0 Å². The molecule has 1 amide bonds. The average molecular weight is 401 g/mol. The Hall–Kier alpha value is -2.41. The third kappa shape index (κ3) is 3.17. The minimum Gasteiger partial charge on any atom is -0.497 e. The van der Waals surface area contributed by atoms with Crippen molar-refractivity contribution in [1.29, 1.82) is 0 Å². The maximum Gasteiger partial charge on any atom is 0.303 e. The van der Waals surface area contributed by atoms with Crippen molar-refractivity contribution in [1.82, 2.24) is 9.88 Å². The molecule has 6 nitrogen and oxygen atoms in total. The summed E-state index contributed by atoms with van der Waals surface area (Å²) in [7, 11) is 1.65. The molecule has 7 heteroatoms. The van der Waals surface area contributed by atoms with Gasteiger partial charge in [-0.1, -0.05) is 6.07 Å². The first-order chi connectivity index (χ1) is 13.4. The lowest BCUT2D eigenvalue weighted by Gasteiger charge is -2.40. The van der Waals surface area contributed by atoms with E-state index in [9.17, 15) is 14.7 Å². The summed E-state index contributed by atoms with van der Waals surface area (Å²) >= 11 is 1.39. The van der Waals surface area contributed by atoms with Crippen molar-refractivity contribution < 1.29 is 19.4 Å². The number of rotatable bonds is 4. The summed E-state index contributed by atoms with van der Waals surface area (Å²) in [5.41, 5.74) is 4.75. The Kier molecular flexibility index (Phi) is 4.87. The molecule has 1 aromatic carbocycles. The number of aromatic nitrogens is 1. The Morgan fingerprint density at radius 1 is 1.36 bits per heavy atom. The van der Waals surface area contributed by atoms with Crippen molar-refractivity contribution in [2.75, 3.05) is 20.2 Å². The van der Waals surface area contributed by atoms with Crippen molar-refractivity contribution >= 4 is 23.2 Å². The van der Waals surface area contributed by atoms with Crippen LogP contribution in [0.4, 0.5) is 0 Å². The number of piperidine rings is 1. The van der Waals surface area contributed by atoms with Crippen LogP contribution in [0, 0.1) is 6.92 Å². The molecule has 0 radical (unpaired) electrons. The molecule has 4 rings (SSSR count). The molecule has 1 aliphatic carbocycles. The maximum atomic E-state index is 12.8. The Morgan fingerprint density at radius 2 is 2.11 bits per heavy atom. The van der Waals surface area contributed by atoms with E-state index in [1.165, 1.54) is 16.9 Å². The Morgan fingerprint density at radius 3 is 2.71 bits per heavy atom. The number of benzene rings is 1. The van der Waals surface area contributed by atoms with E-state index in [1.54, 1.807) is 12.6 Å². The molecule has 28 heavy (non-hydrogen) atoms. The summed E-state index contributed by atoms with van der Waals surface area (Å²) < 4.78 is 5.42. The largest absolute Gasteiger partial charge is 0.497 e. The fourth-order valence-electron chi connectivity index (χ4n) is 4.82. The van der Waals surface area contributed by atoms with Crippen LogP contribution in [0.3, 0.4) is 0 Å². The molecule has 2 heterocycles. The number of methoxy groups -OCH3 is 1. The number of aliphatic carboxylic acids is 1. The predicted octanol–water partition coefficient (Wildman–Crippen LogP) is 3.60. The SMILES string of the molecule is COc1ccc2c(c1)C1(CCN(C(=O)c3scnc3C)CC1)C[C@@H]2CC(=O)O. The predicted molar refractivity (Wildman–Crippen MR) is 106 cm³/mol. The zero-order valence-corrected chi connectivity index (χ0v) is 16.9. The summed E-state index contributed by atoms with van der Waals surface area (Å²) in [4.78, 5) is 31.0. The number of carboxylic acids is 1. The quantitative estimate of drug-likeness (QED) is 0.848. The molecule has 1 spiro atoms. The molecule has 2 aliphatic rings. The highest BCUT2D eigenvalue weighted by molar-refractivity contribution is 7.11. The zero-order valence-electron chi connectivity index (χ0n) is 16.1. The van der Waals surface area contributed by atoms with E-state index in [0.29, 0.717) is 18.0 Å². The van der Waals surface area contributed by atoms with Gasteiger partial charge in [0.25, 0.3) is 5.91 Å². The Balaban J connectivity index is 1.58. The number of nitrogens with zero attached hydrogens (tertiary/aromatic N) is 2. The number of thiazole rings is 1. The second-order valence-electron chi connectivity index (χ2n) is 7.79. The number of amides is 1. The van der Waals surface area contributed by atoms with Gasteiger partial charge in [-0.15, -0.1) is 11.3 Å². The number of fused-ring (bicyclic) bond motifs is 2. The molecule has 1 N–H and O–H groups in total. The zero-order chi connectivity index (χ0) is 19.9. The molecule has 1 aromatic heterocycles. The molecular formula is C21H24N2O4S. The third-order valence-corrected chi connectivity index (χ3v) is 7.19. The first kappa shape index (κ1) is 18.9. The minimum absolute atomic E-state index is 0.0180. The fraction of sp³-hybridized carbons (Fsp3) is 0.476. The van der Waals surface area contributed by atoms with Gasteiger partial charge >= 0.3 is 5.97 Å². The molecule has 0 saturated carbocycles. The van der Waals surface area contributed by atoms with Crippen LogP contribution in [-0.2, 0) is 10.2 Å². The first-order valence-electron chi connectivity index (χ1n) is 9.53. The Labute approximate surface area is 168 Å². The van der Waals surface area contributed by atoms with E-state index >= 15 is 0 Å². The normalized spacial score (nSPS) is 20.2. The van der Waals surface area contributed by atoms with E-state index in [2.05, 4.69) is 11.1 Å². The molecule has 1 atom stereocenters. The van der Waals surface area contributed by atoms with E-state index in [1.807, 2.05) is 24.0 Å². The van der Waals surface area contributed by atoms with Crippen LogP contribution < -0.4 is 4.74 Å². The van der Waals surface area contributed by atoms with Gasteiger partial charge in [-0.25, -0.2) is 4.98 Å². The molecule has 1 saturated heterocycles. The summed E-state index contributed by atoms with van der Waals surface area (Å²) in [5.74, 6) is 0.107. The number of aryl methyl sites for hydroxylation is 1. The van der Waals surface area contributed by atoms with E-state index in [0.717, 1.165) is 36.3 Å².